The number of carbonyl (C=O) groups is 1. The lowest BCUT2D eigenvalue weighted by Crippen LogP contribution is -2.41. The molecule has 1 fully saturated rings. The predicted molar refractivity (Wildman–Crippen MR) is 134 cm³/mol. The molecule has 6 heteroatoms. The SMILES string of the molecule is O=C(NCC1CCCN(Cc2ccccc2)C1)c1nn(-c2ccccc2)c(=O)c2ccccc12. The summed E-state index contributed by atoms with van der Waals surface area (Å²) < 4.78 is 1.32. The minimum Gasteiger partial charge on any atom is -0.350 e. The molecular formula is C28H28N4O2. The van der Waals surface area contributed by atoms with Crippen LogP contribution in [0.25, 0.3) is 16.5 Å². The molecule has 0 aliphatic carbocycles. The normalized spacial score (nSPS) is 16.4. The molecule has 5 rings (SSSR count). The van der Waals surface area contributed by atoms with Gasteiger partial charge in [-0.3, -0.25) is 14.5 Å². The van der Waals surface area contributed by atoms with Gasteiger partial charge >= 0.3 is 0 Å². The summed E-state index contributed by atoms with van der Waals surface area (Å²) >= 11 is 0. The van der Waals surface area contributed by atoms with E-state index in [1.807, 2.05) is 48.5 Å². The Balaban J connectivity index is 1.33. The summed E-state index contributed by atoms with van der Waals surface area (Å²) in [5.74, 6) is 0.133. The molecule has 1 N–H and O–H groups in total. The van der Waals surface area contributed by atoms with Crippen molar-refractivity contribution in [1.82, 2.24) is 20.0 Å². The Kier molecular flexibility index (Phi) is 6.49. The predicted octanol–water partition coefficient (Wildman–Crippen LogP) is 4.03. The van der Waals surface area contributed by atoms with Crippen molar-refractivity contribution >= 4 is 16.7 Å². The van der Waals surface area contributed by atoms with Crippen LogP contribution < -0.4 is 10.9 Å². The summed E-state index contributed by atoms with van der Waals surface area (Å²) in [6.45, 7) is 3.55. The van der Waals surface area contributed by atoms with Crippen molar-refractivity contribution in [2.75, 3.05) is 19.6 Å². The molecule has 34 heavy (non-hydrogen) atoms. The molecule has 6 nitrogen and oxygen atoms in total. The Hall–Kier alpha value is -3.77. The fourth-order valence-corrected chi connectivity index (χ4v) is 4.73. The van der Waals surface area contributed by atoms with Crippen LogP contribution in [0.15, 0.2) is 89.7 Å². The van der Waals surface area contributed by atoms with Crippen molar-refractivity contribution in [3.63, 3.8) is 0 Å². The third-order valence-corrected chi connectivity index (χ3v) is 6.42. The molecule has 1 atom stereocenters. The van der Waals surface area contributed by atoms with Gasteiger partial charge in [0.05, 0.1) is 11.1 Å². The maximum absolute atomic E-state index is 13.3. The van der Waals surface area contributed by atoms with Crippen LogP contribution in [-0.2, 0) is 6.54 Å². The van der Waals surface area contributed by atoms with E-state index in [-0.39, 0.29) is 17.2 Å². The molecule has 172 valence electrons. The lowest BCUT2D eigenvalue weighted by Gasteiger charge is -2.32. The van der Waals surface area contributed by atoms with Gasteiger partial charge in [-0.05, 0) is 49.1 Å². The van der Waals surface area contributed by atoms with Gasteiger partial charge in [-0.25, -0.2) is 0 Å². The highest BCUT2D eigenvalue weighted by atomic mass is 16.2. The molecule has 0 radical (unpaired) electrons. The van der Waals surface area contributed by atoms with Gasteiger partial charge in [0.1, 0.15) is 0 Å². The number of fused-ring (bicyclic) bond motifs is 1. The number of rotatable bonds is 6. The summed E-state index contributed by atoms with van der Waals surface area (Å²) in [7, 11) is 0. The van der Waals surface area contributed by atoms with Crippen LogP contribution >= 0.6 is 0 Å². The van der Waals surface area contributed by atoms with Gasteiger partial charge in [0, 0.05) is 25.0 Å². The Labute approximate surface area is 198 Å². The smallest absolute Gasteiger partial charge is 0.279 e. The number of aromatic nitrogens is 2. The van der Waals surface area contributed by atoms with Crippen molar-refractivity contribution in [1.29, 1.82) is 0 Å². The standard InChI is InChI=1S/C28H28N4O2/c33-27(29-18-22-12-9-17-31(20-22)19-21-10-3-1-4-11-21)26-24-15-7-8-16-25(24)28(34)32(30-26)23-13-5-2-6-14-23/h1-8,10-11,13-16,22H,9,12,17-20H2,(H,29,33). The molecule has 1 aromatic heterocycles. The molecule has 1 saturated heterocycles. The Morgan fingerprint density at radius 3 is 2.35 bits per heavy atom. The van der Waals surface area contributed by atoms with Crippen molar-refractivity contribution in [3.05, 3.63) is 107 Å². The van der Waals surface area contributed by atoms with E-state index in [4.69, 9.17) is 0 Å². The van der Waals surface area contributed by atoms with E-state index >= 15 is 0 Å². The lowest BCUT2D eigenvalue weighted by molar-refractivity contribution is 0.0926. The van der Waals surface area contributed by atoms with Gasteiger partial charge in [-0.15, -0.1) is 0 Å². The van der Waals surface area contributed by atoms with Gasteiger partial charge in [0.25, 0.3) is 11.5 Å². The summed E-state index contributed by atoms with van der Waals surface area (Å²) in [5.41, 5.74) is 1.99. The first-order valence-corrected chi connectivity index (χ1v) is 11.8. The fraction of sp³-hybridized carbons (Fsp3) is 0.250. The molecular weight excluding hydrogens is 424 g/mol. The third kappa shape index (κ3) is 4.77. The summed E-state index contributed by atoms with van der Waals surface area (Å²) in [5, 5.41) is 8.65. The maximum Gasteiger partial charge on any atom is 0.279 e. The second kappa shape index (κ2) is 10.0. The van der Waals surface area contributed by atoms with E-state index in [0.717, 1.165) is 32.5 Å². The first kappa shape index (κ1) is 22.0. The second-order valence-corrected chi connectivity index (χ2v) is 8.89. The van der Waals surface area contributed by atoms with Crippen LogP contribution in [0.4, 0.5) is 0 Å². The third-order valence-electron chi connectivity index (χ3n) is 6.42. The molecule has 0 saturated carbocycles. The first-order valence-electron chi connectivity index (χ1n) is 11.8. The molecule has 2 heterocycles. The summed E-state index contributed by atoms with van der Waals surface area (Å²) in [6, 6.07) is 26.9. The molecule has 4 aromatic rings. The van der Waals surface area contributed by atoms with E-state index < -0.39 is 0 Å². The molecule has 0 bridgehead atoms. The van der Waals surface area contributed by atoms with Crippen molar-refractivity contribution in [2.45, 2.75) is 19.4 Å². The van der Waals surface area contributed by atoms with Crippen LogP contribution in [0.1, 0.15) is 28.9 Å². The van der Waals surface area contributed by atoms with Crippen molar-refractivity contribution in [2.24, 2.45) is 5.92 Å². The van der Waals surface area contributed by atoms with E-state index in [0.29, 0.717) is 28.9 Å². The monoisotopic (exact) mass is 452 g/mol. The second-order valence-electron chi connectivity index (χ2n) is 8.89. The first-order chi connectivity index (χ1) is 16.7. The minimum absolute atomic E-state index is 0.234. The molecule has 1 aliphatic heterocycles. The average Bonchev–Trinajstić information content (AvgIpc) is 2.89. The molecule has 3 aromatic carbocycles. The number of para-hydroxylation sites is 1. The molecule has 1 aliphatic rings. The quantitative estimate of drug-likeness (QED) is 0.480. The van der Waals surface area contributed by atoms with Crippen LogP contribution in [0.3, 0.4) is 0 Å². The van der Waals surface area contributed by atoms with E-state index in [2.05, 4.69) is 39.6 Å². The van der Waals surface area contributed by atoms with Crippen LogP contribution in [0, 0.1) is 5.92 Å². The minimum atomic E-state index is -0.249. The van der Waals surface area contributed by atoms with Crippen LogP contribution in [0.5, 0.6) is 0 Å². The van der Waals surface area contributed by atoms with Gasteiger partial charge in [-0.2, -0.15) is 9.78 Å². The van der Waals surface area contributed by atoms with Gasteiger partial charge in [-0.1, -0.05) is 66.7 Å². The fourth-order valence-electron chi connectivity index (χ4n) is 4.73. The van der Waals surface area contributed by atoms with Gasteiger partial charge in [0.2, 0.25) is 0 Å². The zero-order valence-electron chi connectivity index (χ0n) is 19.1. The highest BCUT2D eigenvalue weighted by molar-refractivity contribution is 6.04. The number of hydrogen-bond donors (Lipinski definition) is 1. The number of likely N-dealkylation sites (tertiary alicyclic amines) is 1. The van der Waals surface area contributed by atoms with E-state index in [1.54, 1.807) is 12.1 Å². The summed E-state index contributed by atoms with van der Waals surface area (Å²) in [6.07, 6.45) is 2.21. The number of benzene rings is 3. The van der Waals surface area contributed by atoms with Crippen LogP contribution in [-0.4, -0.2) is 40.2 Å². The van der Waals surface area contributed by atoms with Crippen molar-refractivity contribution in [3.8, 4) is 5.69 Å². The number of nitrogens with one attached hydrogen (secondary N) is 1. The molecule has 0 spiro atoms. The molecule has 1 unspecified atom stereocenters. The Morgan fingerprint density at radius 1 is 0.912 bits per heavy atom. The van der Waals surface area contributed by atoms with Crippen LogP contribution in [0.2, 0.25) is 0 Å². The van der Waals surface area contributed by atoms with E-state index in [1.165, 1.54) is 10.2 Å². The number of piperidine rings is 1. The number of amides is 1. The van der Waals surface area contributed by atoms with E-state index in [9.17, 15) is 9.59 Å². The number of nitrogens with zero attached hydrogens (tertiary/aromatic N) is 3. The van der Waals surface area contributed by atoms with Crippen molar-refractivity contribution < 1.29 is 4.79 Å². The van der Waals surface area contributed by atoms with Gasteiger partial charge in [0.15, 0.2) is 5.69 Å². The largest absolute Gasteiger partial charge is 0.350 e. The Morgan fingerprint density at radius 2 is 1.59 bits per heavy atom. The number of carbonyl (C=O) groups excluding carboxylic acids is 1. The average molecular weight is 453 g/mol. The Bertz CT molecular complexity index is 1340. The zero-order chi connectivity index (χ0) is 23.3. The maximum atomic E-state index is 13.3. The van der Waals surface area contributed by atoms with Gasteiger partial charge < -0.3 is 5.32 Å². The number of hydrogen-bond acceptors (Lipinski definition) is 4. The topological polar surface area (TPSA) is 67.2 Å². The summed E-state index contributed by atoms with van der Waals surface area (Å²) in [4.78, 5) is 28.8. The highest BCUT2D eigenvalue weighted by Gasteiger charge is 2.22. The molecule has 1 amide bonds. The zero-order valence-corrected chi connectivity index (χ0v) is 19.1. The highest BCUT2D eigenvalue weighted by Crippen LogP contribution is 2.19. The lowest BCUT2D eigenvalue weighted by atomic mass is 9.97.